The van der Waals surface area contributed by atoms with Crippen molar-refractivity contribution < 1.29 is 19.4 Å². The zero-order chi connectivity index (χ0) is 16.7. The van der Waals surface area contributed by atoms with Crippen LogP contribution >= 0.6 is 0 Å². The summed E-state index contributed by atoms with van der Waals surface area (Å²) < 4.78 is 5.27. The topological polar surface area (TPSA) is 91.4 Å². The molecule has 1 aromatic heterocycles. The van der Waals surface area contributed by atoms with Crippen LogP contribution in [-0.4, -0.2) is 35.6 Å². The van der Waals surface area contributed by atoms with Gasteiger partial charge in [-0.25, -0.2) is 0 Å². The summed E-state index contributed by atoms with van der Waals surface area (Å²) in [5.41, 5.74) is 2.51. The molecule has 7 heteroatoms. The molecule has 1 heterocycles. The second-order valence-corrected chi connectivity index (χ2v) is 4.45. The molecule has 0 saturated heterocycles. The first-order valence-corrected chi connectivity index (χ1v) is 7.08. The van der Waals surface area contributed by atoms with E-state index in [0.29, 0.717) is 5.75 Å². The van der Waals surface area contributed by atoms with Crippen LogP contribution in [0.2, 0.25) is 0 Å². The summed E-state index contributed by atoms with van der Waals surface area (Å²) in [4.78, 5) is 24.7. The summed E-state index contributed by atoms with van der Waals surface area (Å²) in [6.45, 7) is 5.86. The van der Waals surface area contributed by atoms with Crippen LogP contribution in [0, 0.1) is 6.92 Å². The largest absolute Gasteiger partial charge is 0.520 e. The minimum Gasteiger partial charge on any atom is -0.520 e. The normalized spacial score (nSPS) is 10.8. The summed E-state index contributed by atoms with van der Waals surface area (Å²) in [6, 6.07) is 4.55. The van der Waals surface area contributed by atoms with Crippen molar-refractivity contribution in [2.45, 2.75) is 33.2 Å². The summed E-state index contributed by atoms with van der Waals surface area (Å²) in [5.74, 6) is -0.399. The zero-order valence-corrected chi connectivity index (χ0v) is 15.9. The number of aliphatic carboxylic acids is 1. The number of amides is 1. The van der Waals surface area contributed by atoms with Crippen LogP contribution in [-0.2, 0) is 16.0 Å². The number of benzene rings is 1. The Morgan fingerprint density at radius 3 is 2.61 bits per heavy atom. The first-order valence-electron chi connectivity index (χ1n) is 7.08. The molecule has 1 atom stereocenters. The molecule has 6 nitrogen and oxygen atoms in total. The molecule has 3 N–H and O–H groups in total. The van der Waals surface area contributed by atoms with Gasteiger partial charge < -0.3 is 24.9 Å². The Morgan fingerprint density at radius 1 is 1.43 bits per heavy atom. The van der Waals surface area contributed by atoms with Crippen LogP contribution in [0.4, 0.5) is 0 Å². The second-order valence-electron chi connectivity index (χ2n) is 4.45. The molecule has 0 spiro atoms. The van der Waals surface area contributed by atoms with Crippen molar-refractivity contribution in [2.75, 3.05) is 7.11 Å². The van der Waals surface area contributed by atoms with E-state index in [9.17, 15) is 9.59 Å². The fraction of sp³-hybridized carbons (Fsp3) is 0.375. The van der Waals surface area contributed by atoms with E-state index in [4.69, 9.17) is 9.84 Å². The SMILES string of the molecule is CC.COc1cccc2c(CC(N[C-]=O)C(=O)O)c(C)[nH]c12.[Fm]. The van der Waals surface area contributed by atoms with Crippen LogP contribution < -0.4 is 10.1 Å². The van der Waals surface area contributed by atoms with E-state index in [0.717, 1.165) is 22.2 Å². The maximum Gasteiger partial charge on any atom is 0.323 e. The van der Waals surface area contributed by atoms with E-state index in [1.54, 1.807) is 7.11 Å². The van der Waals surface area contributed by atoms with Crippen molar-refractivity contribution in [1.29, 1.82) is 0 Å². The maximum absolute atomic E-state index is 11.1. The molecular weight excluding hydrogens is 541 g/mol. The third kappa shape index (κ3) is 4.00. The smallest absolute Gasteiger partial charge is 0.323 e. The van der Waals surface area contributed by atoms with Gasteiger partial charge in [-0.3, -0.25) is 4.79 Å². The summed E-state index contributed by atoms with van der Waals surface area (Å²) in [6.07, 6.45) is 1.62. The van der Waals surface area contributed by atoms with Gasteiger partial charge in [0.25, 0.3) is 0 Å². The number of nitrogens with one attached hydrogen (secondary N) is 2. The molecule has 1 amide bonds. The number of aromatic nitrogens is 1. The van der Waals surface area contributed by atoms with Gasteiger partial charge in [0, 0.05) is 17.5 Å². The predicted octanol–water partition coefficient (Wildman–Crippen LogP) is 2.16. The molecule has 0 aliphatic rings. The van der Waals surface area contributed by atoms with E-state index in [-0.39, 0.29) is 6.42 Å². The van der Waals surface area contributed by atoms with Crippen molar-refractivity contribution in [3.05, 3.63) is 29.5 Å². The van der Waals surface area contributed by atoms with Crippen molar-refractivity contribution in [3.8, 4) is 5.75 Å². The molecule has 0 saturated carbocycles. The Labute approximate surface area is 129 Å². The second kappa shape index (κ2) is 8.71. The molecule has 1 unspecified atom stereocenters. The van der Waals surface area contributed by atoms with Gasteiger partial charge in [-0.15, -0.1) is 0 Å². The van der Waals surface area contributed by atoms with Crippen molar-refractivity contribution >= 4 is 23.3 Å². The Balaban J connectivity index is 0.00000155. The molecule has 0 radical (unpaired) electrons. The Kier molecular flexibility index (Phi) is 7.39. The van der Waals surface area contributed by atoms with Gasteiger partial charge in [0.1, 0.15) is 11.8 Å². The first-order chi connectivity index (χ1) is 10.6. The molecule has 132 valence electrons. The number of carbonyl (C=O) groups is 1. The van der Waals surface area contributed by atoms with Gasteiger partial charge >= 0.3 is 5.97 Å². The number of hydrogen-bond acceptors (Lipinski definition) is 3. The van der Waals surface area contributed by atoms with Gasteiger partial charge in [0.05, 0.1) is 12.6 Å². The van der Waals surface area contributed by atoms with Crippen LogP contribution in [0.15, 0.2) is 18.2 Å². The van der Waals surface area contributed by atoms with E-state index in [1.165, 1.54) is 6.41 Å². The fourth-order valence-electron chi connectivity index (χ4n) is 2.28. The zero-order valence-electron chi connectivity index (χ0n) is 13.5. The predicted molar refractivity (Wildman–Crippen MR) is 84.9 cm³/mol. The number of ether oxygens (including phenoxy) is 1. The third-order valence-electron chi connectivity index (χ3n) is 3.28. The number of para-hydroxylation sites is 1. The Bertz CT molecular complexity index is 655. The van der Waals surface area contributed by atoms with Crippen LogP contribution in [0.25, 0.3) is 10.9 Å². The van der Waals surface area contributed by atoms with Crippen LogP contribution in [0.1, 0.15) is 25.1 Å². The van der Waals surface area contributed by atoms with E-state index < -0.39 is 12.0 Å². The summed E-state index contributed by atoms with van der Waals surface area (Å²) in [5, 5.41) is 12.2. The Morgan fingerprint density at radius 2 is 2.09 bits per heavy atom. The molecule has 0 aliphatic heterocycles. The van der Waals surface area contributed by atoms with Gasteiger partial charge in [-0.2, -0.15) is 6.41 Å². The molecule has 2 aromatic rings. The molecule has 0 aliphatic carbocycles. The van der Waals surface area contributed by atoms with E-state index >= 15 is 0 Å². The number of H-pyrrole nitrogens is 1. The van der Waals surface area contributed by atoms with E-state index in [2.05, 4.69) is 10.3 Å². The molecule has 1 aromatic carbocycles. The fourth-order valence-corrected chi connectivity index (χ4v) is 2.28. The van der Waals surface area contributed by atoms with Gasteiger partial charge in [-0.1, -0.05) is 26.0 Å². The number of rotatable bonds is 6. The summed E-state index contributed by atoms with van der Waals surface area (Å²) in [7, 11) is 1.58. The van der Waals surface area contributed by atoms with Crippen LogP contribution in [0.5, 0.6) is 5.75 Å². The van der Waals surface area contributed by atoms with Gasteiger partial charge in [0.2, 0.25) is 0 Å². The average molecular weight is 562 g/mol. The summed E-state index contributed by atoms with van der Waals surface area (Å²) >= 11 is 0. The number of carboxylic acid groups (broad SMARTS) is 1. The molecule has 0 fully saturated rings. The third-order valence-corrected chi connectivity index (χ3v) is 3.28. The Hall–Kier alpha value is -3.50. The average Bonchev–Trinajstić information content (AvgIpc) is 2.84. The number of methoxy groups -OCH3 is 1. The number of aromatic amines is 1. The number of carboxylic acids is 1. The first kappa shape index (κ1) is 19.5. The molecule has 0 bridgehead atoms. The van der Waals surface area contributed by atoms with E-state index in [1.807, 2.05) is 39.0 Å². The van der Waals surface area contributed by atoms with Crippen LogP contribution in [0.3, 0.4) is 0 Å². The quantitative estimate of drug-likeness (QED) is 0.372. The number of carbonyl (C=O) groups excluding carboxylic acids is 1. The van der Waals surface area contributed by atoms with Gasteiger partial charge in [0.15, 0.2) is 0 Å². The number of fused-ring (bicyclic) bond motifs is 1. The van der Waals surface area contributed by atoms with Crippen molar-refractivity contribution in [2.24, 2.45) is 0 Å². The minimum absolute atomic E-state index is 0. The van der Waals surface area contributed by atoms with Crippen molar-refractivity contribution in [3.63, 3.8) is 0 Å². The number of hydrogen-bond donors (Lipinski definition) is 3. The number of aryl methyl sites for hydroxylation is 1. The van der Waals surface area contributed by atoms with Gasteiger partial charge in [-0.05, 0) is 18.6 Å². The van der Waals surface area contributed by atoms with Crippen molar-refractivity contribution in [1.82, 2.24) is 10.3 Å². The molecule has 2 rings (SSSR count). The maximum atomic E-state index is 11.1. The minimum atomic E-state index is -1.09. The molecular formula is C16H21FmN2O4-. The standard InChI is InChI=1S/C14H15N2O4.C2H6.Fm/c1-8-10(6-11(14(18)19)15-7-17)9-4-3-5-12(20-2)13(9)16-8;1-2;/h3-5,11,16H,6H2,1-2H3,(H,15,17)(H,18,19);1-2H3;/q-1;;. The monoisotopic (exact) mass is 562 g/mol. The molecule has 23 heavy (non-hydrogen) atoms.